The first kappa shape index (κ1) is 13.9. The van der Waals surface area contributed by atoms with Crippen LogP contribution in [0.3, 0.4) is 0 Å². The molecule has 5 heteroatoms. The highest BCUT2D eigenvalue weighted by Gasteiger charge is 2.23. The fraction of sp³-hybridized carbons (Fsp3) is 0.538. The van der Waals surface area contributed by atoms with Gasteiger partial charge in [-0.05, 0) is 18.2 Å². The Labute approximate surface area is 118 Å². The molecule has 1 saturated heterocycles. The van der Waals surface area contributed by atoms with Crippen molar-refractivity contribution in [3.63, 3.8) is 0 Å². The van der Waals surface area contributed by atoms with E-state index in [9.17, 15) is 0 Å². The molecule has 0 N–H and O–H groups in total. The summed E-state index contributed by atoms with van der Waals surface area (Å²) in [6, 6.07) is 5.93. The number of rotatable bonds is 4. The van der Waals surface area contributed by atoms with E-state index in [1.165, 1.54) is 0 Å². The second kappa shape index (κ2) is 6.62. The molecule has 2 rings (SSSR count). The van der Waals surface area contributed by atoms with Crippen molar-refractivity contribution in [3.8, 4) is 5.75 Å². The Bertz CT molecular complexity index is 401. The number of alkyl halides is 1. The van der Waals surface area contributed by atoms with Gasteiger partial charge >= 0.3 is 0 Å². The molecule has 3 nitrogen and oxygen atoms in total. The second-order valence-electron chi connectivity index (χ2n) is 4.31. The van der Waals surface area contributed by atoms with Gasteiger partial charge in [0.2, 0.25) is 0 Å². The van der Waals surface area contributed by atoms with E-state index in [1.54, 1.807) is 7.11 Å². The molecule has 1 aromatic rings. The van der Waals surface area contributed by atoms with Crippen molar-refractivity contribution in [2.24, 2.45) is 0 Å². The average Bonchev–Trinajstić information content (AvgIpc) is 2.40. The third kappa shape index (κ3) is 3.29. The van der Waals surface area contributed by atoms with Gasteiger partial charge in [-0.3, -0.25) is 4.90 Å². The van der Waals surface area contributed by atoms with Crippen molar-refractivity contribution in [2.75, 3.05) is 32.7 Å². The molecule has 100 valence electrons. The minimum Gasteiger partial charge on any atom is -0.496 e. The van der Waals surface area contributed by atoms with Crippen LogP contribution in [0, 0.1) is 0 Å². The highest BCUT2D eigenvalue weighted by Crippen LogP contribution is 2.25. The maximum Gasteiger partial charge on any atom is 0.123 e. The lowest BCUT2D eigenvalue weighted by Crippen LogP contribution is -2.45. The largest absolute Gasteiger partial charge is 0.496 e. The molecule has 1 atom stereocenters. The van der Waals surface area contributed by atoms with Crippen molar-refractivity contribution < 1.29 is 9.47 Å². The molecule has 0 aliphatic carbocycles. The van der Waals surface area contributed by atoms with Gasteiger partial charge in [-0.15, -0.1) is 11.6 Å². The lowest BCUT2D eigenvalue weighted by Gasteiger charge is -2.34. The Morgan fingerprint density at radius 2 is 2.33 bits per heavy atom. The number of hydrogen-bond acceptors (Lipinski definition) is 3. The number of halogens is 2. The molecule has 1 heterocycles. The van der Waals surface area contributed by atoms with Crippen LogP contribution >= 0.6 is 23.2 Å². The summed E-state index contributed by atoms with van der Waals surface area (Å²) in [4.78, 5) is 2.31. The van der Waals surface area contributed by atoms with E-state index >= 15 is 0 Å². The SMILES string of the molecule is COc1ccc(Cl)cc1CN1CCOCC1CCl. The summed E-state index contributed by atoms with van der Waals surface area (Å²) in [5.41, 5.74) is 1.09. The minimum atomic E-state index is 0.254. The third-order valence-corrected chi connectivity index (χ3v) is 3.73. The van der Waals surface area contributed by atoms with Crippen LogP contribution in [-0.4, -0.2) is 43.7 Å². The lowest BCUT2D eigenvalue weighted by atomic mass is 10.1. The maximum absolute atomic E-state index is 6.04. The van der Waals surface area contributed by atoms with Gasteiger partial charge in [0.25, 0.3) is 0 Å². The molecular weight excluding hydrogens is 273 g/mol. The van der Waals surface area contributed by atoms with Gasteiger partial charge in [0.1, 0.15) is 5.75 Å². The summed E-state index contributed by atoms with van der Waals surface area (Å²) in [7, 11) is 1.67. The molecule has 0 aromatic heterocycles. The Hall–Kier alpha value is -0.480. The van der Waals surface area contributed by atoms with Crippen molar-refractivity contribution in [3.05, 3.63) is 28.8 Å². The monoisotopic (exact) mass is 289 g/mol. The molecule has 1 unspecified atom stereocenters. The van der Waals surface area contributed by atoms with Crippen molar-refractivity contribution in [1.29, 1.82) is 0 Å². The first-order valence-electron chi connectivity index (χ1n) is 5.94. The minimum absolute atomic E-state index is 0.254. The molecule has 0 saturated carbocycles. The van der Waals surface area contributed by atoms with E-state index in [-0.39, 0.29) is 6.04 Å². The number of methoxy groups -OCH3 is 1. The topological polar surface area (TPSA) is 21.7 Å². The van der Waals surface area contributed by atoms with Gasteiger partial charge < -0.3 is 9.47 Å². The maximum atomic E-state index is 6.04. The molecule has 1 aliphatic heterocycles. The van der Waals surface area contributed by atoms with Crippen LogP contribution in [0.2, 0.25) is 5.02 Å². The third-order valence-electron chi connectivity index (χ3n) is 3.14. The average molecular weight is 290 g/mol. The van der Waals surface area contributed by atoms with Gasteiger partial charge in [0.05, 0.1) is 20.3 Å². The van der Waals surface area contributed by atoms with E-state index in [0.717, 1.165) is 36.0 Å². The molecule has 1 fully saturated rings. The van der Waals surface area contributed by atoms with Crippen LogP contribution < -0.4 is 4.74 Å². The number of hydrogen-bond donors (Lipinski definition) is 0. The summed E-state index contributed by atoms with van der Waals surface area (Å²) in [5.74, 6) is 1.43. The molecule has 0 radical (unpaired) electrons. The molecule has 0 bridgehead atoms. The van der Waals surface area contributed by atoms with Gasteiger partial charge in [-0.2, -0.15) is 0 Å². The Balaban J connectivity index is 2.14. The van der Waals surface area contributed by atoms with Gasteiger partial charge in [0.15, 0.2) is 0 Å². The molecule has 1 aromatic carbocycles. The normalized spacial score (nSPS) is 20.9. The van der Waals surface area contributed by atoms with Crippen LogP contribution in [-0.2, 0) is 11.3 Å². The van der Waals surface area contributed by atoms with E-state index in [2.05, 4.69) is 4.90 Å². The summed E-state index contributed by atoms with van der Waals surface area (Å²) in [5, 5.41) is 0.724. The smallest absolute Gasteiger partial charge is 0.123 e. The summed E-state index contributed by atoms with van der Waals surface area (Å²) in [6.07, 6.45) is 0. The standard InChI is InChI=1S/C13H17Cl2NO2/c1-17-13-3-2-11(15)6-10(13)8-16-4-5-18-9-12(16)7-14/h2-3,6,12H,4-5,7-9H2,1H3. The van der Waals surface area contributed by atoms with E-state index in [0.29, 0.717) is 12.5 Å². The highest BCUT2D eigenvalue weighted by molar-refractivity contribution is 6.30. The summed E-state index contributed by atoms with van der Waals surface area (Å²) < 4.78 is 10.8. The summed E-state index contributed by atoms with van der Waals surface area (Å²) >= 11 is 12.0. The fourth-order valence-electron chi connectivity index (χ4n) is 2.13. The number of benzene rings is 1. The molecule has 0 spiro atoms. The van der Waals surface area contributed by atoms with Crippen LogP contribution in [0.15, 0.2) is 18.2 Å². The van der Waals surface area contributed by atoms with E-state index in [1.807, 2.05) is 18.2 Å². The summed E-state index contributed by atoms with van der Waals surface area (Å²) in [6.45, 7) is 3.10. The number of nitrogens with zero attached hydrogens (tertiary/aromatic N) is 1. The van der Waals surface area contributed by atoms with Crippen LogP contribution in [0.25, 0.3) is 0 Å². The van der Waals surface area contributed by atoms with Gasteiger partial charge in [-0.1, -0.05) is 11.6 Å². The Morgan fingerprint density at radius 3 is 3.06 bits per heavy atom. The molecule has 18 heavy (non-hydrogen) atoms. The first-order valence-corrected chi connectivity index (χ1v) is 6.86. The predicted octanol–water partition coefficient (Wildman–Crippen LogP) is 2.79. The molecule has 1 aliphatic rings. The van der Waals surface area contributed by atoms with E-state index < -0.39 is 0 Å². The van der Waals surface area contributed by atoms with Crippen molar-refractivity contribution in [1.82, 2.24) is 4.90 Å². The second-order valence-corrected chi connectivity index (χ2v) is 5.05. The van der Waals surface area contributed by atoms with Gasteiger partial charge in [-0.25, -0.2) is 0 Å². The Morgan fingerprint density at radius 1 is 1.50 bits per heavy atom. The van der Waals surface area contributed by atoms with Crippen LogP contribution in [0.4, 0.5) is 0 Å². The predicted molar refractivity (Wildman–Crippen MR) is 73.7 cm³/mol. The fourth-order valence-corrected chi connectivity index (χ4v) is 2.61. The zero-order chi connectivity index (χ0) is 13.0. The quantitative estimate of drug-likeness (QED) is 0.796. The van der Waals surface area contributed by atoms with E-state index in [4.69, 9.17) is 32.7 Å². The number of morpholine rings is 1. The van der Waals surface area contributed by atoms with Gasteiger partial charge in [0, 0.05) is 35.6 Å². The van der Waals surface area contributed by atoms with Crippen LogP contribution in [0.5, 0.6) is 5.75 Å². The molecule has 0 amide bonds. The van der Waals surface area contributed by atoms with Crippen LogP contribution in [0.1, 0.15) is 5.56 Å². The Kier molecular flexibility index (Phi) is 5.13. The lowest BCUT2D eigenvalue weighted by molar-refractivity contribution is -0.00331. The highest BCUT2D eigenvalue weighted by atomic mass is 35.5. The number of ether oxygens (including phenoxy) is 2. The zero-order valence-electron chi connectivity index (χ0n) is 10.4. The first-order chi connectivity index (χ1) is 8.74. The van der Waals surface area contributed by atoms with Crippen molar-refractivity contribution in [2.45, 2.75) is 12.6 Å². The molecular formula is C13H17Cl2NO2. The van der Waals surface area contributed by atoms with Crippen molar-refractivity contribution >= 4 is 23.2 Å². The zero-order valence-corrected chi connectivity index (χ0v) is 11.9.